The number of nitrogen functional groups attached to an aromatic ring is 1. The van der Waals surface area contributed by atoms with Crippen molar-refractivity contribution >= 4 is 34.5 Å². The van der Waals surface area contributed by atoms with Crippen molar-refractivity contribution in [1.82, 2.24) is 19.5 Å². The van der Waals surface area contributed by atoms with Gasteiger partial charge in [-0.05, 0) is 26.2 Å². The first-order valence-corrected chi connectivity index (χ1v) is 9.04. The van der Waals surface area contributed by atoms with Crippen molar-refractivity contribution in [2.45, 2.75) is 58.5 Å². The van der Waals surface area contributed by atoms with Crippen LogP contribution in [0.2, 0.25) is 0 Å². The van der Waals surface area contributed by atoms with E-state index in [0.717, 1.165) is 38.6 Å². The van der Waals surface area contributed by atoms with Crippen molar-refractivity contribution in [2.24, 2.45) is 0 Å². The Morgan fingerprint density at radius 3 is 2.71 bits per heavy atom. The molecule has 3 N–H and O–H groups in total. The Bertz CT molecular complexity index is 660. The second-order valence-electron chi connectivity index (χ2n) is 5.94. The van der Waals surface area contributed by atoms with Gasteiger partial charge in [0.05, 0.1) is 7.11 Å². The van der Waals surface area contributed by atoms with Gasteiger partial charge in [-0.15, -0.1) is 11.6 Å². The summed E-state index contributed by atoms with van der Waals surface area (Å²) < 4.78 is 7.34. The topological polar surface area (TPSA) is 90.9 Å². The van der Waals surface area contributed by atoms with Gasteiger partial charge in [-0.25, -0.2) is 0 Å². The molecule has 0 saturated carbocycles. The minimum absolute atomic E-state index is 0.286. The SMILES string of the molecule is CCC[C@H](C)Nc1nc(N)c2nc(OC)n(CCCCCCl)c2n1. The van der Waals surface area contributed by atoms with Crippen molar-refractivity contribution in [2.75, 3.05) is 24.0 Å². The largest absolute Gasteiger partial charge is 0.468 e. The number of anilines is 2. The number of unbranched alkanes of at least 4 members (excludes halogenated alkanes) is 2. The number of imidazole rings is 1. The third-order valence-electron chi connectivity index (χ3n) is 3.88. The van der Waals surface area contributed by atoms with Gasteiger partial charge in [0, 0.05) is 18.5 Å². The molecule has 0 saturated heterocycles. The van der Waals surface area contributed by atoms with Crippen molar-refractivity contribution in [3.05, 3.63) is 0 Å². The highest BCUT2D eigenvalue weighted by Crippen LogP contribution is 2.25. The number of aromatic nitrogens is 4. The van der Waals surface area contributed by atoms with E-state index in [9.17, 15) is 0 Å². The molecule has 0 aliphatic carbocycles. The summed E-state index contributed by atoms with van der Waals surface area (Å²) in [5.74, 6) is 1.58. The maximum absolute atomic E-state index is 6.08. The molecule has 0 amide bonds. The maximum atomic E-state index is 6.08. The fraction of sp³-hybridized carbons (Fsp3) is 0.688. The molecule has 2 aromatic rings. The molecule has 7 nitrogen and oxygen atoms in total. The first kappa shape index (κ1) is 18.6. The van der Waals surface area contributed by atoms with Crippen LogP contribution in [0.1, 0.15) is 46.0 Å². The number of fused-ring (bicyclic) bond motifs is 1. The second-order valence-corrected chi connectivity index (χ2v) is 6.32. The number of ether oxygens (including phenoxy) is 1. The molecule has 0 aliphatic rings. The molecule has 0 spiro atoms. The van der Waals surface area contributed by atoms with Gasteiger partial charge in [0.2, 0.25) is 5.95 Å². The molecule has 0 radical (unpaired) electrons. The van der Waals surface area contributed by atoms with Crippen LogP contribution >= 0.6 is 11.6 Å². The van der Waals surface area contributed by atoms with Crippen LogP contribution in [0.3, 0.4) is 0 Å². The fourth-order valence-corrected chi connectivity index (χ4v) is 2.88. The van der Waals surface area contributed by atoms with Gasteiger partial charge in [-0.2, -0.15) is 15.0 Å². The van der Waals surface area contributed by atoms with Crippen LogP contribution in [0.25, 0.3) is 11.2 Å². The molecule has 8 heteroatoms. The molecule has 1 atom stereocenters. The number of nitrogens with two attached hydrogens (primary N) is 1. The Kier molecular flexibility index (Phi) is 6.90. The Morgan fingerprint density at radius 1 is 1.25 bits per heavy atom. The van der Waals surface area contributed by atoms with Crippen LogP contribution in [0, 0.1) is 0 Å². The highest BCUT2D eigenvalue weighted by molar-refractivity contribution is 6.17. The number of nitrogens with zero attached hydrogens (tertiary/aromatic N) is 4. The number of alkyl halides is 1. The molecule has 134 valence electrons. The van der Waals surface area contributed by atoms with Gasteiger partial charge >= 0.3 is 0 Å². The van der Waals surface area contributed by atoms with Gasteiger partial charge in [-0.3, -0.25) is 4.57 Å². The highest BCUT2D eigenvalue weighted by atomic mass is 35.5. The lowest BCUT2D eigenvalue weighted by Crippen LogP contribution is -2.17. The van der Waals surface area contributed by atoms with E-state index < -0.39 is 0 Å². The summed E-state index contributed by atoms with van der Waals surface area (Å²) in [6, 6.07) is 0.796. The van der Waals surface area contributed by atoms with E-state index in [4.69, 9.17) is 22.1 Å². The van der Waals surface area contributed by atoms with E-state index in [1.54, 1.807) is 7.11 Å². The first-order valence-electron chi connectivity index (χ1n) is 8.50. The summed E-state index contributed by atoms with van der Waals surface area (Å²) in [4.78, 5) is 13.4. The van der Waals surface area contributed by atoms with Crippen LogP contribution in [0.15, 0.2) is 0 Å². The third kappa shape index (κ3) is 4.41. The number of aryl methyl sites for hydroxylation is 1. The minimum atomic E-state index is 0.286. The molecule has 2 heterocycles. The van der Waals surface area contributed by atoms with E-state index in [2.05, 4.69) is 34.1 Å². The van der Waals surface area contributed by atoms with Crippen molar-refractivity contribution in [3.8, 4) is 6.01 Å². The van der Waals surface area contributed by atoms with Gasteiger partial charge < -0.3 is 15.8 Å². The zero-order chi connectivity index (χ0) is 17.5. The van der Waals surface area contributed by atoms with Crippen LogP contribution < -0.4 is 15.8 Å². The van der Waals surface area contributed by atoms with Gasteiger partial charge in [-0.1, -0.05) is 19.8 Å². The predicted octanol–water partition coefficient (Wildman–Crippen LogP) is 3.43. The zero-order valence-corrected chi connectivity index (χ0v) is 15.4. The average molecular weight is 355 g/mol. The van der Waals surface area contributed by atoms with E-state index >= 15 is 0 Å². The van der Waals surface area contributed by atoms with Gasteiger partial charge in [0.15, 0.2) is 17.0 Å². The summed E-state index contributed by atoms with van der Waals surface area (Å²) in [5, 5.41) is 3.31. The second kappa shape index (κ2) is 8.92. The maximum Gasteiger partial charge on any atom is 0.298 e. The summed E-state index contributed by atoms with van der Waals surface area (Å²) >= 11 is 5.74. The molecule has 24 heavy (non-hydrogen) atoms. The molecule has 0 bridgehead atoms. The van der Waals surface area contributed by atoms with Crippen molar-refractivity contribution in [3.63, 3.8) is 0 Å². The zero-order valence-electron chi connectivity index (χ0n) is 14.7. The smallest absolute Gasteiger partial charge is 0.298 e. The van der Waals surface area contributed by atoms with Crippen molar-refractivity contribution in [1.29, 1.82) is 0 Å². The first-order chi connectivity index (χ1) is 11.6. The van der Waals surface area contributed by atoms with Gasteiger partial charge in [0.1, 0.15) is 0 Å². The molecule has 2 aromatic heterocycles. The standard InChI is InChI=1S/C16H27ClN6O/c1-4-8-11(2)19-15-21-13(18)12-14(22-15)23(16(20-12)24-3)10-7-5-6-9-17/h11H,4-10H2,1-3H3,(H3,18,19,21,22)/t11-/m0/s1. The summed E-state index contributed by atoms with van der Waals surface area (Å²) in [6.45, 7) is 5.02. The van der Waals surface area contributed by atoms with Crippen LogP contribution in [0.4, 0.5) is 11.8 Å². The number of hydrogen-bond donors (Lipinski definition) is 2. The number of halogens is 1. The monoisotopic (exact) mass is 354 g/mol. The van der Waals surface area contributed by atoms with Crippen LogP contribution in [-0.2, 0) is 6.54 Å². The molecule has 0 aliphatic heterocycles. The van der Waals surface area contributed by atoms with E-state index in [1.165, 1.54) is 0 Å². The fourth-order valence-electron chi connectivity index (χ4n) is 2.69. The molecule has 0 unspecified atom stereocenters. The van der Waals surface area contributed by atoms with E-state index in [1.807, 2.05) is 4.57 Å². The number of methoxy groups -OCH3 is 1. The minimum Gasteiger partial charge on any atom is -0.468 e. The van der Waals surface area contributed by atoms with Gasteiger partial charge in [0.25, 0.3) is 6.01 Å². The Labute approximate surface area is 148 Å². The summed E-state index contributed by atoms with van der Waals surface area (Å²) in [6.07, 6.45) is 5.16. The molecule has 0 fully saturated rings. The normalized spacial score (nSPS) is 12.5. The van der Waals surface area contributed by atoms with Crippen molar-refractivity contribution < 1.29 is 4.74 Å². The molecule has 0 aromatic carbocycles. The third-order valence-corrected chi connectivity index (χ3v) is 4.15. The molecular formula is C16H27ClN6O. The Balaban J connectivity index is 2.30. The Hall–Kier alpha value is -1.76. The lowest BCUT2D eigenvalue weighted by molar-refractivity contribution is 0.356. The highest BCUT2D eigenvalue weighted by Gasteiger charge is 2.17. The number of nitrogens with one attached hydrogen (secondary N) is 1. The summed E-state index contributed by atoms with van der Waals surface area (Å²) in [7, 11) is 1.60. The lowest BCUT2D eigenvalue weighted by atomic mass is 10.2. The number of hydrogen-bond acceptors (Lipinski definition) is 6. The lowest BCUT2D eigenvalue weighted by Gasteiger charge is -2.13. The number of rotatable bonds is 10. The predicted molar refractivity (Wildman–Crippen MR) is 98.9 cm³/mol. The van der Waals surface area contributed by atoms with E-state index in [-0.39, 0.29) is 6.04 Å². The summed E-state index contributed by atoms with van der Waals surface area (Å²) in [5.41, 5.74) is 7.37. The molecular weight excluding hydrogens is 328 g/mol. The Morgan fingerprint density at radius 2 is 2.04 bits per heavy atom. The molecule has 2 rings (SSSR count). The van der Waals surface area contributed by atoms with E-state index in [0.29, 0.717) is 34.8 Å². The quantitative estimate of drug-likeness (QED) is 0.501. The average Bonchev–Trinajstić information content (AvgIpc) is 2.90. The van der Waals surface area contributed by atoms with Crippen LogP contribution in [0.5, 0.6) is 6.01 Å². The van der Waals surface area contributed by atoms with Crippen LogP contribution in [-0.4, -0.2) is 38.6 Å².